The fourth-order valence-electron chi connectivity index (χ4n) is 1.39. The van der Waals surface area contributed by atoms with Crippen LogP contribution in [-0.4, -0.2) is 34.1 Å². The van der Waals surface area contributed by atoms with E-state index in [1.165, 1.54) is 11.3 Å². The molecule has 0 spiro atoms. The third-order valence-corrected chi connectivity index (χ3v) is 4.53. The van der Waals surface area contributed by atoms with Gasteiger partial charge in [0.1, 0.15) is 0 Å². The van der Waals surface area contributed by atoms with Crippen LogP contribution in [0, 0.1) is 0 Å². The number of nitrogens with zero attached hydrogens (tertiary/aromatic N) is 2. The molecule has 22 heavy (non-hydrogen) atoms. The molecule has 0 saturated heterocycles. The maximum absolute atomic E-state index is 11.6. The van der Waals surface area contributed by atoms with E-state index >= 15 is 0 Å². The molecule has 0 saturated carbocycles. The smallest absolute Gasteiger partial charge is 0.321 e. The molecule has 2 aromatic rings. The van der Waals surface area contributed by atoms with Gasteiger partial charge in [0.2, 0.25) is 11.8 Å². The van der Waals surface area contributed by atoms with Crippen LogP contribution in [0.3, 0.4) is 0 Å². The van der Waals surface area contributed by atoms with Crippen molar-refractivity contribution in [1.82, 2.24) is 20.8 Å². The summed E-state index contributed by atoms with van der Waals surface area (Å²) >= 11 is 4.20. The molecule has 0 atom stereocenters. The molecule has 0 aliphatic heterocycles. The quantitative estimate of drug-likeness (QED) is 0.732. The van der Waals surface area contributed by atoms with E-state index in [1.54, 1.807) is 11.8 Å². The van der Waals surface area contributed by atoms with Crippen molar-refractivity contribution in [3.05, 3.63) is 28.3 Å². The Morgan fingerprint density at radius 1 is 1.41 bits per heavy atom. The standard InChI is InChI=1S/C12H14N4O3S3/c1-20-7-10-15-16-12(19-10)22-6-9(17)14-11(18)13-5-8-3-2-4-21-8/h2-4H,5-7H2,1H3,(H2,13,14,17,18). The van der Waals surface area contributed by atoms with Crippen molar-refractivity contribution in [1.29, 1.82) is 0 Å². The van der Waals surface area contributed by atoms with Gasteiger partial charge in [-0.2, -0.15) is 11.8 Å². The van der Waals surface area contributed by atoms with Crippen LogP contribution in [0.4, 0.5) is 4.79 Å². The number of thiophene rings is 1. The van der Waals surface area contributed by atoms with Crippen LogP contribution >= 0.6 is 34.9 Å². The Labute approximate surface area is 139 Å². The number of carbonyl (C=O) groups is 2. The van der Waals surface area contributed by atoms with Crippen LogP contribution < -0.4 is 10.6 Å². The number of rotatable bonds is 7. The Morgan fingerprint density at radius 2 is 2.27 bits per heavy atom. The van der Waals surface area contributed by atoms with Crippen molar-refractivity contribution in [3.8, 4) is 0 Å². The summed E-state index contributed by atoms with van der Waals surface area (Å²) in [4.78, 5) is 24.2. The first-order valence-electron chi connectivity index (χ1n) is 6.21. The number of nitrogens with one attached hydrogen (secondary N) is 2. The monoisotopic (exact) mass is 358 g/mol. The summed E-state index contributed by atoms with van der Waals surface area (Å²) < 4.78 is 5.32. The van der Waals surface area contributed by atoms with E-state index in [0.29, 0.717) is 23.4 Å². The zero-order valence-corrected chi connectivity index (χ0v) is 14.1. The number of imide groups is 1. The van der Waals surface area contributed by atoms with Gasteiger partial charge in [0.15, 0.2) is 0 Å². The summed E-state index contributed by atoms with van der Waals surface area (Å²) in [5.74, 6) is 0.764. The highest BCUT2D eigenvalue weighted by Gasteiger charge is 2.11. The fourth-order valence-corrected chi connectivity index (χ4v) is 2.98. The Hall–Kier alpha value is -1.52. The maximum Gasteiger partial charge on any atom is 0.321 e. The maximum atomic E-state index is 11.6. The number of hydrogen-bond acceptors (Lipinski definition) is 8. The van der Waals surface area contributed by atoms with E-state index in [4.69, 9.17) is 4.42 Å². The average Bonchev–Trinajstić information content (AvgIpc) is 3.15. The molecule has 0 aliphatic carbocycles. The topological polar surface area (TPSA) is 97.1 Å². The van der Waals surface area contributed by atoms with Crippen LogP contribution in [0.25, 0.3) is 0 Å². The molecule has 2 aromatic heterocycles. The van der Waals surface area contributed by atoms with E-state index in [9.17, 15) is 9.59 Å². The number of thioether (sulfide) groups is 2. The van der Waals surface area contributed by atoms with Gasteiger partial charge in [-0.3, -0.25) is 10.1 Å². The van der Waals surface area contributed by atoms with Crippen LogP contribution in [0.2, 0.25) is 0 Å². The first-order chi connectivity index (χ1) is 10.7. The van der Waals surface area contributed by atoms with Crippen molar-refractivity contribution < 1.29 is 14.0 Å². The summed E-state index contributed by atoms with van der Waals surface area (Å²) in [7, 11) is 0. The first kappa shape index (κ1) is 16.8. The molecule has 2 N–H and O–H groups in total. The number of hydrogen-bond donors (Lipinski definition) is 2. The molecule has 0 aromatic carbocycles. The molecule has 0 fully saturated rings. The van der Waals surface area contributed by atoms with Gasteiger partial charge in [-0.25, -0.2) is 4.79 Å². The summed E-state index contributed by atoms with van der Waals surface area (Å²) in [6.07, 6.45) is 1.93. The predicted molar refractivity (Wildman–Crippen MR) is 86.9 cm³/mol. The summed E-state index contributed by atoms with van der Waals surface area (Å²) in [6.45, 7) is 0.394. The minimum Gasteiger partial charge on any atom is -0.415 e. The lowest BCUT2D eigenvalue weighted by Gasteiger charge is -2.04. The van der Waals surface area contributed by atoms with E-state index in [0.717, 1.165) is 16.6 Å². The highest BCUT2D eigenvalue weighted by Crippen LogP contribution is 2.17. The van der Waals surface area contributed by atoms with E-state index in [2.05, 4.69) is 20.8 Å². The molecule has 7 nitrogen and oxygen atoms in total. The number of carbonyl (C=O) groups excluding carboxylic acids is 2. The molecule has 2 rings (SSSR count). The molecule has 3 amide bonds. The second-order valence-corrected chi connectivity index (χ2v) is 6.82. The Balaban J connectivity index is 1.67. The fraction of sp³-hybridized carbons (Fsp3) is 0.333. The number of amides is 3. The van der Waals surface area contributed by atoms with Gasteiger partial charge in [-0.1, -0.05) is 17.8 Å². The average molecular weight is 358 g/mol. The van der Waals surface area contributed by atoms with Gasteiger partial charge < -0.3 is 9.73 Å². The zero-order chi connectivity index (χ0) is 15.8. The van der Waals surface area contributed by atoms with Gasteiger partial charge in [0, 0.05) is 4.88 Å². The summed E-state index contributed by atoms with van der Waals surface area (Å²) in [6, 6.07) is 3.29. The van der Waals surface area contributed by atoms with Crippen LogP contribution in [0.5, 0.6) is 0 Å². The molecular weight excluding hydrogens is 344 g/mol. The molecule has 0 unspecified atom stereocenters. The number of urea groups is 1. The van der Waals surface area contributed by atoms with Crippen molar-refractivity contribution in [2.45, 2.75) is 17.5 Å². The third-order valence-electron chi connectivity index (χ3n) is 2.30. The second-order valence-electron chi connectivity index (χ2n) is 3.99. The highest BCUT2D eigenvalue weighted by atomic mass is 32.2. The molecule has 0 aliphatic rings. The molecule has 0 radical (unpaired) electrons. The molecular formula is C12H14N4O3S3. The molecule has 2 heterocycles. The summed E-state index contributed by atoms with van der Waals surface area (Å²) in [5.41, 5.74) is 0. The largest absolute Gasteiger partial charge is 0.415 e. The van der Waals surface area contributed by atoms with Gasteiger partial charge in [-0.15, -0.1) is 21.5 Å². The lowest BCUT2D eigenvalue weighted by molar-refractivity contribution is -0.117. The SMILES string of the molecule is CSCc1nnc(SCC(=O)NC(=O)NCc2cccs2)o1. The van der Waals surface area contributed by atoms with Crippen molar-refractivity contribution in [2.24, 2.45) is 0 Å². The molecule has 0 bridgehead atoms. The Morgan fingerprint density at radius 3 is 3.00 bits per heavy atom. The lowest BCUT2D eigenvalue weighted by Crippen LogP contribution is -2.39. The first-order valence-corrected chi connectivity index (χ1v) is 9.47. The minimum atomic E-state index is -0.521. The Kier molecular flexibility index (Phi) is 6.74. The van der Waals surface area contributed by atoms with E-state index in [1.807, 2.05) is 23.8 Å². The molecule has 10 heteroatoms. The third kappa shape index (κ3) is 5.70. The predicted octanol–water partition coefficient (Wildman–Crippen LogP) is 2.11. The van der Waals surface area contributed by atoms with Gasteiger partial charge >= 0.3 is 6.03 Å². The van der Waals surface area contributed by atoms with Crippen molar-refractivity contribution in [2.75, 3.05) is 12.0 Å². The molecule has 118 valence electrons. The number of aromatic nitrogens is 2. The van der Waals surface area contributed by atoms with Gasteiger partial charge in [0.25, 0.3) is 5.22 Å². The highest BCUT2D eigenvalue weighted by molar-refractivity contribution is 7.99. The zero-order valence-electron chi connectivity index (χ0n) is 11.7. The van der Waals surface area contributed by atoms with E-state index < -0.39 is 11.9 Å². The van der Waals surface area contributed by atoms with Crippen LogP contribution in [0.15, 0.2) is 27.2 Å². The van der Waals surface area contributed by atoms with Gasteiger partial charge in [-0.05, 0) is 17.7 Å². The van der Waals surface area contributed by atoms with Crippen LogP contribution in [0.1, 0.15) is 10.8 Å². The Bertz CT molecular complexity index is 615. The normalized spacial score (nSPS) is 10.4. The van der Waals surface area contributed by atoms with E-state index in [-0.39, 0.29) is 5.75 Å². The second kappa shape index (κ2) is 8.81. The van der Waals surface area contributed by atoms with Gasteiger partial charge in [0.05, 0.1) is 18.1 Å². The van der Waals surface area contributed by atoms with Crippen LogP contribution in [-0.2, 0) is 17.1 Å². The summed E-state index contributed by atoms with van der Waals surface area (Å²) in [5, 5.41) is 14.7. The minimum absolute atomic E-state index is 0.0350. The van der Waals surface area contributed by atoms with Crippen molar-refractivity contribution in [3.63, 3.8) is 0 Å². The lowest BCUT2D eigenvalue weighted by atomic mass is 10.5. The van der Waals surface area contributed by atoms with Crippen molar-refractivity contribution >= 4 is 46.8 Å².